The van der Waals surface area contributed by atoms with Crippen molar-refractivity contribution in [1.29, 1.82) is 0 Å². The molecular weight excluding hydrogens is 356 g/mol. The molecule has 0 amide bonds. The van der Waals surface area contributed by atoms with Crippen molar-refractivity contribution in [2.75, 3.05) is 13.2 Å². The lowest BCUT2D eigenvalue weighted by molar-refractivity contribution is 0.177. The van der Waals surface area contributed by atoms with Crippen molar-refractivity contribution in [2.24, 2.45) is 0 Å². The van der Waals surface area contributed by atoms with E-state index in [1.54, 1.807) is 0 Å². The van der Waals surface area contributed by atoms with Crippen LogP contribution in [-0.2, 0) is 13.1 Å². The SMILES string of the molecule is Cc1cccc2cc(CN(CCO)Cc3nnnn3C3CCCC3)c(=O)[nH]c12. The molecule has 1 aliphatic carbocycles. The van der Waals surface area contributed by atoms with E-state index in [0.29, 0.717) is 31.2 Å². The summed E-state index contributed by atoms with van der Waals surface area (Å²) in [5.41, 5.74) is 2.49. The average molecular weight is 382 g/mol. The summed E-state index contributed by atoms with van der Waals surface area (Å²) in [5.74, 6) is 0.786. The smallest absolute Gasteiger partial charge is 0.252 e. The number of nitrogens with zero attached hydrogens (tertiary/aromatic N) is 5. The number of aryl methyl sites for hydroxylation is 1. The Balaban J connectivity index is 1.58. The molecular formula is C20H26N6O2. The van der Waals surface area contributed by atoms with Gasteiger partial charge in [0.25, 0.3) is 5.56 Å². The fourth-order valence-electron chi connectivity index (χ4n) is 4.09. The Kier molecular flexibility index (Phi) is 5.50. The van der Waals surface area contributed by atoms with Gasteiger partial charge in [-0.3, -0.25) is 9.69 Å². The van der Waals surface area contributed by atoms with Crippen molar-refractivity contribution in [3.63, 3.8) is 0 Å². The van der Waals surface area contributed by atoms with Crippen molar-refractivity contribution in [2.45, 2.75) is 51.7 Å². The van der Waals surface area contributed by atoms with Gasteiger partial charge in [0.1, 0.15) is 0 Å². The molecule has 1 aliphatic rings. The molecule has 148 valence electrons. The summed E-state index contributed by atoms with van der Waals surface area (Å²) in [6.07, 6.45) is 4.61. The molecule has 0 atom stereocenters. The number of pyridine rings is 1. The quantitative estimate of drug-likeness (QED) is 0.648. The van der Waals surface area contributed by atoms with Crippen LogP contribution >= 0.6 is 0 Å². The number of para-hydroxylation sites is 1. The van der Waals surface area contributed by atoms with Gasteiger partial charge in [-0.05, 0) is 47.2 Å². The van der Waals surface area contributed by atoms with E-state index in [0.717, 1.165) is 35.1 Å². The lowest BCUT2D eigenvalue weighted by atomic mass is 10.1. The molecule has 0 unspecified atom stereocenters. The molecule has 0 spiro atoms. The molecule has 0 bridgehead atoms. The molecule has 28 heavy (non-hydrogen) atoms. The maximum absolute atomic E-state index is 12.6. The first-order valence-corrected chi connectivity index (χ1v) is 9.87. The fourth-order valence-corrected chi connectivity index (χ4v) is 4.09. The number of aromatic amines is 1. The molecule has 1 saturated carbocycles. The van der Waals surface area contributed by atoms with Crippen LogP contribution in [-0.4, -0.2) is 48.3 Å². The van der Waals surface area contributed by atoms with Gasteiger partial charge in [0.05, 0.1) is 24.7 Å². The van der Waals surface area contributed by atoms with Crippen LogP contribution in [0.2, 0.25) is 0 Å². The van der Waals surface area contributed by atoms with Crippen molar-refractivity contribution < 1.29 is 5.11 Å². The topological polar surface area (TPSA) is 99.9 Å². The van der Waals surface area contributed by atoms with Gasteiger partial charge < -0.3 is 10.1 Å². The number of aliphatic hydroxyl groups is 1. The van der Waals surface area contributed by atoms with Crippen LogP contribution in [0.15, 0.2) is 29.1 Å². The zero-order valence-electron chi connectivity index (χ0n) is 16.1. The van der Waals surface area contributed by atoms with E-state index in [1.807, 2.05) is 40.8 Å². The minimum Gasteiger partial charge on any atom is -0.395 e. The highest BCUT2D eigenvalue weighted by molar-refractivity contribution is 5.81. The van der Waals surface area contributed by atoms with E-state index in [1.165, 1.54) is 12.8 Å². The second kappa shape index (κ2) is 8.20. The lowest BCUT2D eigenvalue weighted by Crippen LogP contribution is -2.31. The van der Waals surface area contributed by atoms with Crippen LogP contribution in [0.1, 0.15) is 48.7 Å². The number of H-pyrrole nitrogens is 1. The Hall–Kier alpha value is -2.58. The van der Waals surface area contributed by atoms with Crippen molar-refractivity contribution in [1.82, 2.24) is 30.1 Å². The van der Waals surface area contributed by atoms with E-state index in [9.17, 15) is 9.90 Å². The Bertz CT molecular complexity index is 1010. The van der Waals surface area contributed by atoms with Crippen LogP contribution < -0.4 is 5.56 Å². The average Bonchev–Trinajstić information content (AvgIpc) is 3.35. The van der Waals surface area contributed by atoms with E-state index >= 15 is 0 Å². The third-order valence-electron chi connectivity index (χ3n) is 5.57. The normalized spacial score (nSPS) is 15.1. The molecule has 2 N–H and O–H groups in total. The zero-order chi connectivity index (χ0) is 19.5. The monoisotopic (exact) mass is 382 g/mol. The van der Waals surface area contributed by atoms with Crippen LogP contribution in [0.25, 0.3) is 10.9 Å². The predicted octanol–water partition coefficient (Wildman–Crippen LogP) is 1.93. The molecule has 0 saturated heterocycles. The number of aliphatic hydroxyl groups excluding tert-OH is 1. The molecule has 1 aromatic carbocycles. The minimum atomic E-state index is -0.0971. The molecule has 3 aromatic rings. The van der Waals surface area contributed by atoms with Gasteiger partial charge in [-0.15, -0.1) is 5.10 Å². The summed E-state index contributed by atoms with van der Waals surface area (Å²) in [7, 11) is 0. The van der Waals surface area contributed by atoms with Crippen molar-refractivity contribution >= 4 is 10.9 Å². The van der Waals surface area contributed by atoms with Crippen LogP contribution in [0.3, 0.4) is 0 Å². The molecule has 2 aromatic heterocycles. The van der Waals surface area contributed by atoms with E-state index in [2.05, 4.69) is 20.5 Å². The summed E-state index contributed by atoms with van der Waals surface area (Å²) < 4.78 is 1.92. The number of nitrogens with one attached hydrogen (secondary N) is 1. The summed E-state index contributed by atoms with van der Waals surface area (Å²) in [6, 6.07) is 8.26. The summed E-state index contributed by atoms with van der Waals surface area (Å²) in [6.45, 7) is 3.37. The Morgan fingerprint density at radius 3 is 2.89 bits per heavy atom. The van der Waals surface area contributed by atoms with Gasteiger partial charge in [0.15, 0.2) is 5.82 Å². The van der Waals surface area contributed by atoms with Crippen LogP contribution in [0, 0.1) is 6.92 Å². The van der Waals surface area contributed by atoms with Gasteiger partial charge >= 0.3 is 0 Å². The first-order chi connectivity index (χ1) is 13.7. The van der Waals surface area contributed by atoms with Crippen LogP contribution in [0.4, 0.5) is 0 Å². The van der Waals surface area contributed by atoms with E-state index in [-0.39, 0.29) is 12.2 Å². The number of benzene rings is 1. The number of hydrogen-bond acceptors (Lipinski definition) is 6. The standard InChI is InChI=1S/C20H26N6O2/c1-14-5-4-6-15-11-16(20(28)21-19(14)15)12-25(9-10-27)13-18-22-23-24-26(18)17-7-2-3-8-17/h4-6,11,17,27H,2-3,7-10,12-13H2,1H3,(H,21,28). The third-order valence-corrected chi connectivity index (χ3v) is 5.57. The first-order valence-electron chi connectivity index (χ1n) is 9.87. The molecule has 0 radical (unpaired) electrons. The van der Waals surface area contributed by atoms with Crippen molar-refractivity contribution in [3.05, 3.63) is 51.6 Å². The van der Waals surface area contributed by atoms with Crippen molar-refractivity contribution in [3.8, 4) is 0 Å². The number of rotatable bonds is 7. The van der Waals surface area contributed by atoms with Gasteiger partial charge in [-0.2, -0.15) is 0 Å². The highest BCUT2D eigenvalue weighted by Gasteiger charge is 2.23. The Morgan fingerprint density at radius 2 is 2.11 bits per heavy atom. The van der Waals surface area contributed by atoms with Gasteiger partial charge in [-0.1, -0.05) is 31.0 Å². The summed E-state index contributed by atoms with van der Waals surface area (Å²) in [5, 5.41) is 22.8. The molecule has 1 fully saturated rings. The summed E-state index contributed by atoms with van der Waals surface area (Å²) >= 11 is 0. The molecule has 0 aliphatic heterocycles. The van der Waals surface area contributed by atoms with E-state index in [4.69, 9.17) is 0 Å². The number of aromatic nitrogens is 5. The lowest BCUT2D eigenvalue weighted by Gasteiger charge is -2.21. The van der Waals surface area contributed by atoms with E-state index < -0.39 is 0 Å². The van der Waals surface area contributed by atoms with Gasteiger partial charge in [0.2, 0.25) is 0 Å². The zero-order valence-corrected chi connectivity index (χ0v) is 16.1. The predicted molar refractivity (Wildman–Crippen MR) is 106 cm³/mol. The molecule has 8 heteroatoms. The second-order valence-electron chi connectivity index (χ2n) is 7.58. The minimum absolute atomic E-state index is 0.00951. The fraction of sp³-hybridized carbons (Fsp3) is 0.500. The summed E-state index contributed by atoms with van der Waals surface area (Å²) in [4.78, 5) is 17.6. The molecule has 2 heterocycles. The highest BCUT2D eigenvalue weighted by atomic mass is 16.3. The highest BCUT2D eigenvalue weighted by Crippen LogP contribution is 2.29. The number of hydrogen-bond donors (Lipinski definition) is 2. The van der Waals surface area contributed by atoms with Crippen LogP contribution in [0.5, 0.6) is 0 Å². The maximum Gasteiger partial charge on any atom is 0.252 e. The maximum atomic E-state index is 12.6. The molecule has 8 nitrogen and oxygen atoms in total. The third kappa shape index (κ3) is 3.83. The largest absolute Gasteiger partial charge is 0.395 e. The van der Waals surface area contributed by atoms with Gasteiger partial charge in [0, 0.05) is 18.7 Å². The Labute approximate surface area is 163 Å². The van der Waals surface area contributed by atoms with Gasteiger partial charge in [-0.25, -0.2) is 4.68 Å². The first kappa shape index (κ1) is 18.8. The number of tetrazole rings is 1. The Morgan fingerprint density at radius 1 is 1.29 bits per heavy atom. The molecule has 4 rings (SSSR count). The second-order valence-corrected chi connectivity index (χ2v) is 7.58. The number of fused-ring (bicyclic) bond motifs is 1.